The molecule has 1 saturated carbocycles. The molecule has 0 bridgehead atoms. The molecule has 1 aliphatic carbocycles. The van der Waals surface area contributed by atoms with E-state index in [4.69, 9.17) is 0 Å². The molecule has 1 saturated heterocycles. The van der Waals surface area contributed by atoms with Crippen molar-refractivity contribution in [3.05, 3.63) is 0 Å². The lowest BCUT2D eigenvalue weighted by molar-refractivity contribution is 0.00511. The number of rotatable bonds is 17. The van der Waals surface area contributed by atoms with Crippen molar-refractivity contribution in [2.75, 3.05) is 45.9 Å². The first kappa shape index (κ1) is 30.1. The van der Waals surface area contributed by atoms with Crippen LogP contribution in [0, 0.1) is 17.8 Å². The molecule has 2 atom stereocenters. The lowest BCUT2D eigenvalue weighted by Crippen LogP contribution is -2.65. The molecule has 0 aromatic rings. The number of hydrogen-bond donors (Lipinski definition) is 2. The van der Waals surface area contributed by atoms with E-state index in [9.17, 15) is 0 Å². The van der Waals surface area contributed by atoms with Gasteiger partial charge in [-0.05, 0) is 63.2 Å². The van der Waals surface area contributed by atoms with Crippen LogP contribution in [-0.4, -0.2) is 67.3 Å². The molecule has 2 aliphatic rings. The minimum absolute atomic E-state index is 0.188. The highest BCUT2D eigenvalue weighted by Crippen LogP contribution is 2.25. The fourth-order valence-electron chi connectivity index (χ4n) is 6.45. The smallest absolute Gasteiger partial charge is 0.0507 e. The van der Waals surface area contributed by atoms with Crippen LogP contribution in [0.15, 0.2) is 0 Å². The van der Waals surface area contributed by atoms with Crippen LogP contribution in [0.3, 0.4) is 0 Å². The summed E-state index contributed by atoms with van der Waals surface area (Å²) in [5.74, 6) is 2.63. The Morgan fingerprint density at radius 3 is 1.79 bits per heavy atom. The number of nitrogens with zero attached hydrogens (tertiary/aromatic N) is 2. The monoisotopic (exact) mass is 478 g/mol. The summed E-state index contributed by atoms with van der Waals surface area (Å²) in [5, 5.41) is 7.89. The van der Waals surface area contributed by atoms with E-state index in [0.717, 1.165) is 36.9 Å². The molecule has 0 aromatic heterocycles. The first-order valence-electron chi connectivity index (χ1n) is 15.3. The summed E-state index contributed by atoms with van der Waals surface area (Å²) in [5.41, 5.74) is 0.188. The first-order chi connectivity index (χ1) is 16.4. The molecule has 34 heavy (non-hydrogen) atoms. The predicted octanol–water partition coefficient (Wildman–Crippen LogP) is 6.51. The van der Waals surface area contributed by atoms with Crippen LogP contribution >= 0.6 is 0 Å². The molecule has 2 unspecified atom stereocenters. The van der Waals surface area contributed by atoms with Crippen molar-refractivity contribution in [1.82, 2.24) is 20.4 Å². The minimum atomic E-state index is 0.188. The lowest BCUT2D eigenvalue weighted by atomic mass is 9.87. The zero-order valence-electron chi connectivity index (χ0n) is 24.1. The van der Waals surface area contributed by atoms with Crippen LogP contribution in [0.4, 0.5) is 0 Å². The fourth-order valence-corrected chi connectivity index (χ4v) is 6.45. The Hall–Kier alpha value is -0.160. The average molecular weight is 479 g/mol. The van der Waals surface area contributed by atoms with Gasteiger partial charge in [-0.3, -0.25) is 9.80 Å². The van der Waals surface area contributed by atoms with E-state index >= 15 is 0 Å². The molecule has 0 aromatic carbocycles. The van der Waals surface area contributed by atoms with E-state index in [0.29, 0.717) is 0 Å². The summed E-state index contributed by atoms with van der Waals surface area (Å²) in [7, 11) is 0. The van der Waals surface area contributed by atoms with Gasteiger partial charge in [-0.15, -0.1) is 0 Å². The van der Waals surface area contributed by atoms with E-state index in [2.05, 4.69) is 62.0 Å². The Morgan fingerprint density at radius 1 is 0.794 bits per heavy atom. The second kappa shape index (κ2) is 16.6. The van der Waals surface area contributed by atoms with Gasteiger partial charge in [0.25, 0.3) is 0 Å². The van der Waals surface area contributed by atoms with E-state index in [1.54, 1.807) is 0 Å². The van der Waals surface area contributed by atoms with Crippen molar-refractivity contribution in [2.24, 2.45) is 17.8 Å². The van der Waals surface area contributed by atoms with Gasteiger partial charge in [-0.1, -0.05) is 73.1 Å². The van der Waals surface area contributed by atoms with Crippen molar-refractivity contribution in [3.63, 3.8) is 0 Å². The third-order valence-electron chi connectivity index (χ3n) is 8.79. The highest BCUT2D eigenvalue weighted by molar-refractivity contribution is 4.94. The molecule has 0 radical (unpaired) electrons. The Labute approximate surface area is 214 Å². The van der Waals surface area contributed by atoms with Crippen LogP contribution < -0.4 is 10.6 Å². The Morgan fingerprint density at radius 2 is 1.32 bits per heavy atom. The second-order valence-electron chi connectivity index (χ2n) is 12.4. The molecule has 0 amide bonds. The van der Waals surface area contributed by atoms with Crippen molar-refractivity contribution in [1.29, 1.82) is 0 Å². The molecule has 4 nitrogen and oxygen atoms in total. The maximum absolute atomic E-state index is 4.03. The van der Waals surface area contributed by atoms with Crippen LogP contribution in [-0.2, 0) is 0 Å². The van der Waals surface area contributed by atoms with E-state index < -0.39 is 0 Å². The summed E-state index contributed by atoms with van der Waals surface area (Å²) >= 11 is 0. The van der Waals surface area contributed by atoms with Crippen LogP contribution in [0.5, 0.6) is 0 Å². The number of hydrogen-bond acceptors (Lipinski definition) is 4. The summed E-state index contributed by atoms with van der Waals surface area (Å²) < 4.78 is 0. The zero-order chi connectivity index (χ0) is 24.8. The highest BCUT2D eigenvalue weighted by atomic mass is 15.4. The molecule has 1 heterocycles. The summed E-state index contributed by atoms with van der Waals surface area (Å²) in [6, 6.07) is 0.748. The van der Waals surface area contributed by atoms with Crippen molar-refractivity contribution >= 4 is 0 Å². The van der Waals surface area contributed by atoms with Gasteiger partial charge in [0.2, 0.25) is 0 Å². The maximum Gasteiger partial charge on any atom is 0.0507 e. The van der Waals surface area contributed by atoms with Crippen LogP contribution in [0.25, 0.3) is 0 Å². The number of nitrogens with one attached hydrogen (secondary N) is 2. The first-order valence-corrected chi connectivity index (χ1v) is 15.3. The van der Waals surface area contributed by atoms with E-state index in [1.165, 1.54) is 110 Å². The van der Waals surface area contributed by atoms with Gasteiger partial charge in [0.15, 0.2) is 0 Å². The molecule has 0 spiro atoms. The number of unbranched alkanes of at least 4 members (excludes halogenated alkanes) is 2. The third kappa shape index (κ3) is 11.3. The van der Waals surface area contributed by atoms with Gasteiger partial charge < -0.3 is 10.6 Å². The molecule has 2 rings (SSSR count). The van der Waals surface area contributed by atoms with Crippen molar-refractivity contribution < 1.29 is 0 Å². The van der Waals surface area contributed by atoms with Gasteiger partial charge in [0, 0.05) is 50.8 Å². The summed E-state index contributed by atoms with van der Waals surface area (Å²) in [4.78, 5) is 5.59. The standard InChI is InChI=1S/C30H62N4/c1-7-11-13-27(9-3)21-33-23-30(6,24-34(25-33)22-28(10-4)14-12-8-2)32-20-19-31-29-17-15-26(5)16-18-29/h26-29,31-32H,7-25H2,1-6H3. The molecular formula is C30H62N4. The Balaban J connectivity index is 1.92. The van der Waals surface area contributed by atoms with Gasteiger partial charge in [0.1, 0.15) is 0 Å². The molecule has 2 N–H and O–H groups in total. The Kier molecular flexibility index (Phi) is 14.6. The normalized spacial score (nSPS) is 28.8. The van der Waals surface area contributed by atoms with Gasteiger partial charge in [0.05, 0.1) is 6.67 Å². The topological polar surface area (TPSA) is 30.5 Å². The van der Waals surface area contributed by atoms with Crippen molar-refractivity contribution in [2.45, 2.75) is 130 Å². The van der Waals surface area contributed by atoms with Gasteiger partial charge >= 0.3 is 0 Å². The Bertz CT molecular complexity index is 476. The second-order valence-corrected chi connectivity index (χ2v) is 12.4. The molecule has 202 valence electrons. The summed E-state index contributed by atoms with van der Waals surface area (Å²) in [6.45, 7) is 22.7. The lowest BCUT2D eigenvalue weighted by Gasteiger charge is -2.48. The molecule has 1 aliphatic heterocycles. The van der Waals surface area contributed by atoms with Crippen LogP contribution in [0.1, 0.15) is 119 Å². The quantitative estimate of drug-likeness (QED) is 0.233. The van der Waals surface area contributed by atoms with E-state index in [-0.39, 0.29) is 5.54 Å². The largest absolute Gasteiger partial charge is 0.313 e. The van der Waals surface area contributed by atoms with Gasteiger partial charge in [-0.25, -0.2) is 0 Å². The van der Waals surface area contributed by atoms with Gasteiger partial charge in [-0.2, -0.15) is 0 Å². The fraction of sp³-hybridized carbons (Fsp3) is 1.00. The SMILES string of the molecule is CCCCC(CC)CN1CN(CC(CC)CCCC)CC(C)(NCCNC2CCC(C)CC2)C1. The maximum atomic E-state index is 4.03. The molecule has 4 heteroatoms. The third-order valence-corrected chi connectivity index (χ3v) is 8.79. The predicted molar refractivity (Wildman–Crippen MR) is 150 cm³/mol. The minimum Gasteiger partial charge on any atom is -0.313 e. The zero-order valence-corrected chi connectivity index (χ0v) is 24.1. The van der Waals surface area contributed by atoms with E-state index in [1.807, 2.05) is 0 Å². The van der Waals surface area contributed by atoms with Crippen molar-refractivity contribution in [3.8, 4) is 0 Å². The highest BCUT2D eigenvalue weighted by Gasteiger charge is 2.35. The summed E-state index contributed by atoms with van der Waals surface area (Å²) in [6.07, 6.45) is 16.4. The average Bonchev–Trinajstić information content (AvgIpc) is 2.83. The van der Waals surface area contributed by atoms with Crippen LogP contribution in [0.2, 0.25) is 0 Å². The molecular weight excluding hydrogens is 416 g/mol. The molecule has 2 fully saturated rings.